The number of primary amides is 1. The highest BCUT2D eigenvalue weighted by molar-refractivity contribution is 5.94. The summed E-state index contributed by atoms with van der Waals surface area (Å²) < 4.78 is 10.6. The maximum Gasteiger partial charge on any atom is 0.370 e. The minimum Gasteiger partial charge on any atom is -0.366 e. The largest absolute Gasteiger partial charge is 0.370 e. The molecule has 0 radical (unpaired) electrons. The fraction of sp³-hybridized carbons (Fsp3) is 0.556. The standard InChI is InChI=1S/C9H8N2O3/c1-4(7(10)12)8-3-9(11-2)6(14-9)5(8)13-8/h5-6H,1,3H2,(H2,10,12). The smallest absolute Gasteiger partial charge is 0.366 e. The van der Waals surface area contributed by atoms with Crippen molar-refractivity contribution in [3.05, 3.63) is 23.6 Å². The van der Waals surface area contributed by atoms with E-state index in [9.17, 15) is 4.79 Å². The van der Waals surface area contributed by atoms with Gasteiger partial charge in [0.05, 0.1) is 6.42 Å². The molecule has 3 fully saturated rings. The molecular weight excluding hydrogens is 184 g/mol. The lowest BCUT2D eigenvalue weighted by molar-refractivity contribution is -0.115. The predicted molar refractivity (Wildman–Crippen MR) is 44.8 cm³/mol. The molecule has 1 amide bonds. The lowest BCUT2D eigenvalue weighted by Crippen LogP contribution is -2.28. The number of nitrogens with zero attached hydrogens (tertiary/aromatic N) is 1. The maximum absolute atomic E-state index is 11.0. The van der Waals surface area contributed by atoms with Crippen molar-refractivity contribution in [2.45, 2.75) is 30.0 Å². The quantitative estimate of drug-likeness (QED) is 0.367. The Morgan fingerprint density at radius 1 is 1.57 bits per heavy atom. The zero-order chi connectivity index (χ0) is 10.1. The summed E-state index contributed by atoms with van der Waals surface area (Å²) >= 11 is 0. The SMILES string of the molecule is [C-]#[N+]C12CC3(C(=C)C(N)=O)OC3C1O2. The maximum atomic E-state index is 11.0. The molecule has 3 rings (SSSR count). The van der Waals surface area contributed by atoms with Crippen molar-refractivity contribution >= 4 is 5.91 Å². The second kappa shape index (κ2) is 1.85. The first-order valence-corrected chi connectivity index (χ1v) is 4.29. The van der Waals surface area contributed by atoms with Crippen LogP contribution < -0.4 is 5.73 Å². The Labute approximate surface area is 80.3 Å². The van der Waals surface area contributed by atoms with E-state index in [1.165, 1.54) is 0 Å². The Balaban J connectivity index is 1.90. The molecule has 14 heavy (non-hydrogen) atoms. The molecular formula is C9H8N2O3. The van der Waals surface area contributed by atoms with E-state index in [1.54, 1.807) is 0 Å². The van der Waals surface area contributed by atoms with Crippen LogP contribution in [0.4, 0.5) is 0 Å². The van der Waals surface area contributed by atoms with Gasteiger partial charge >= 0.3 is 5.72 Å². The van der Waals surface area contributed by atoms with Crippen LogP contribution in [0, 0.1) is 6.57 Å². The Hall–Kier alpha value is -1.38. The molecule has 2 heterocycles. The van der Waals surface area contributed by atoms with E-state index in [2.05, 4.69) is 11.4 Å². The molecule has 0 aromatic carbocycles. The van der Waals surface area contributed by atoms with Gasteiger partial charge in [0.1, 0.15) is 11.7 Å². The van der Waals surface area contributed by atoms with Gasteiger partial charge in [0, 0.05) is 5.57 Å². The van der Waals surface area contributed by atoms with Crippen molar-refractivity contribution in [1.82, 2.24) is 0 Å². The van der Waals surface area contributed by atoms with Crippen molar-refractivity contribution in [1.29, 1.82) is 0 Å². The zero-order valence-electron chi connectivity index (χ0n) is 7.32. The molecule has 4 atom stereocenters. The van der Waals surface area contributed by atoms with Crippen LogP contribution in [-0.2, 0) is 14.3 Å². The van der Waals surface area contributed by atoms with E-state index in [-0.39, 0.29) is 17.8 Å². The first kappa shape index (κ1) is 7.97. The Morgan fingerprint density at radius 2 is 2.29 bits per heavy atom. The Bertz CT molecular complexity index is 413. The molecule has 5 heteroatoms. The van der Waals surface area contributed by atoms with Crippen LogP contribution in [0.5, 0.6) is 0 Å². The van der Waals surface area contributed by atoms with Gasteiger partial charge in [-0.2, -0.15) is 0 Å². The molecule has 3 aliphatic rings. The number of fused-ring (bicyclic) bond motifs is 3. The van der Waals surface area contributed by atoms with Gasteiger partial charge in [-0.25, -0.2) is 6.57 Å². The summed E-state index contributed by atoms with van der Waals surface area (Å²) in [6.07, 6.45) is 0.0216. The number of epoxide rings is 2. The van der Waals surface area contributed by atoms with Crippen LogP contribution in [0.2, 0.25) is 0 Å². The predicted octanol–water partition coefficient (Wildman–Crippen LogP) is -0.416. The minimum absolute atomic E-state index is 0.184. The van der Waals surface area contributed by atoms with Crippen molar-refractivity contribution in [2.24, 2.45) is 5.73 Å². The van der Waals surface area contributed by atoms with E-state index in [1.807, 2.05) is 0 Å². The van der Waals surface area contributed by atoms with Crippen LogP contribution in [0.15, 0.2) is 12.2 Å². The second-order valence-electron chi connectivity index (χ2n) is 3.94. The fourth-order valence-corrected chi connectivity index (χ4v) is 2.33. The van der Waals surface area contributed by atoms with Crippen LogP contribution in [-0.4, -0.2) is 29.4 Å². The average Bonchev–Trinajstić information content (AvgIpc) is 3.03. The number of carbonyl (C=O) groups is 1. The molecule has 0 bridgehead atoms. The third-order valence-corrected chi connectivity index (χ3v) is 3.25. The van der Waals surface area contributed by atoms with Gasteiger partial charge in [-0.3, -0.25) is 14.4 Å². The summed E-state index contributed by atoms with van der Waals surface area (Å²) in [5.41, 5.74) is 3.97. The van der Waals surface area contributed by atoms with E-state index in [0.717, 1.165) is 0 Å². The minimum atomic E-state index is -0.749. The van der Waals surface area contributed by atoms with Crippen molar-refractivity contribution < 1.29 is 14.3 Å². The lowest BCUT2D eigenvalue weighted by Gasteiger charge is -2.09. The van der Waals surface area contributed by atoms with E-state index in [4.69, 9.17) is 21.8 Å². The number of carbonyl (C=O) groups excluding carboxylic acids is 1. The molecule has 4 unspecified atom stereocenters. The van der Waals surface area contributed by atoms with E-state index in [0.29, 0.717) is 6.42 Å². The topological polar surface area (TPSA) is 72.5 Å². The number of ether oxygens (including phenoxy) is 2. The van der Waals surface area contributed by atoms with Gasteiger partial charge < -0.3 is 10.5 Å². The van der Waals surface area contributed by atoms with E-state index >= 15 is 0 Å². The highest BCUT2D eigenvalue weighted by Crippen LogP contribution is 2.68. The Kier molecular flexibility index (Phi) is 1.05. The molecule has 2 N–H and O–H groups in total. The van der Waals surface area contributed by atoms with Crippen LogP contribution >= 0.6 is 0 Å². The summed E-state index contributed by atoms with van der Waals surface area (Å²) in [4.78, 5) is 14.4. The summed E-state index contributed by atoms with van der Waals surface area (Å²) in [6, 6.07) is 0. The van der Waals surface area contributed by atoms with Crippen molar-refractivity contribution in [3.8, 4) is 0 Å². The molecule has 1 saturated carbocycles. The first-order chi connectivity index (χ1) is 6.56. The first-order valence-electron chi connectivity index (χ1n) is 4.29. The average molecular weight is 192 g/mol. The number of hydrogen-bond donors (Lipinski definition) is 1. The fourth-order valence-electron chi connectivity index (χ4n) is 2.33. The Morgan fingerprint density at radius 3 is 2.79 bits per heavy atom. The van der Waals surface area contributed by atoms with Gasteiger partial charge in [0.25, 0.3) is 0 Å². The van der Waals surface area contributed by atoms with Gasteiger partial charge in [-0.1, -0.05) is 6.58 Å². The molecule has 0 aromatic heterocycles. The van der Waals surface area contributed by atoms with Gasteiger partial charge in [0.15, 0.2) is 0 Å². The third kappa shape index (κ3) is 0.626. The van der Waals surface area contributed by atoms with Gasteiger partial charge in [0.2, 0.25) is 12.0 Å². The van der Waals surface area contributed by atoms with Crippen LogP contribution in [0.1, 0.15) is 6.42 Å². The van der Waals surface area contributed by atoms with Gasteiger partial charge in [-0.05, 0) is 0 Å². The molecule has 2 saturated heterocycles. The van der Waals surface area contributed by atoms with Crippen molar-refractivity contribution in [2.75, 3.05) is 0 Å². The molecule has 5 nitrogen and oxygen atoms in total. The molecule has 2 aliphatic heterocycles. The third-order valence-electron chi connectivity index (χ3n) is 3.25. The summed E-state index contributed by atoms with van der Waals surface area (Å²) in [5.74, 6) is -0.561. The van der Waals surface area contributed by atoms with Crippen molar-refractivity contribution in [3.63, 3.8) is 0 Å². The van der Waals surface area contributed by atoms with Crippen LogP contribution in [0.3, 0.4) is 0 Å². The zero-order valence-corrected chi connectivity index (χ0v) is 7.32. The highest BCUT2D eigenvalue weighted by atomic mass is 16.7. The number of rotatable bonds is 2. The summed E-state index contributed by atoms with van der Waals surface area (Å²) in [6.45, 7) is 10.6. The number of nitrogens with two attached hydrogens (primary N) is 1. The number of amides is 1. The molecule has 72 valence electrons. The van der Waals surface area contributed by atoms with E-state index < -0.39 is 17.2 Å². The lowest BCUT2D eigenvalue weighted by atomic mass is 9.96. The number of hydrogen-bond acceptors (Lipinski definition) is 3. The molecule has 0 spiro atoms. The van der Waals surface area contributed by atoms with Crippen LogP contribution in [0.25, 0.3) is 4.85 Å². The second-order valence-corrected chi connectivity index (χ2v) is 3.94. The summed E-state index contributed by atoms with van der Waals surface area (Å²) in [5, 5.41) is 0. The summed E-state index contributed by atoms with van der Waals surface area (Å²) in [7, 11) is 0. The monoisotopic (exact) mass is 192 g/mol. The normalized spacial score (nSPS) is 51.4. The molecule has 0 aromatic rings. The highest BCUT2D eigenvalue weighted by Gasteiger charge is 2.90. The molecule has 1 aliphatic carbocycles. The van der Waals surface area contributed by atoms with Gasteiger partial charge in [-0.15, -0.1) is 0 Å².